The first-order chi connectivity index (χ1) is 11.4. The summed E-state index contributed by atoms with van der Waals surface area (Å²) in [5.74, 6) is 0.302. The molecule has 1 heterocycles. The molecule has 0 aromatic heterocycles. The molecule has 1 aromatic carbocycles. The Balaban J connectivity index is 1.74. The van der Waals surface area contributed by atoms with E-state index in [1.54, 1.807) is 25.1 Å². The van der Waals surface area contributed by atoms with Crippen molar-refractivity contribution in [1.82, 2.24) is 9.62 Å². The third-order valence-electron chi connectivity index (χ3n) is 4.78. The molecule has 2 fully saturated rings. The highest BCUT2D eigenvalue weighted by atomic mass is 35.5. The number of aryl methyl sites for hydroxylation is 1. The predicted octanol–water partition coefficient (Wildman–Crippen LogP) is 2.58. The van der Waals surface area contributed by atoms with Crippen molar-refractivity contribution in [3.05, 3.63) is 28.8 Å². The van der Waals surface area contributed by atoms with Crippen molar-refractivity contribution >= 4 is 27.5 Å². The summed E-state index contributed by atoms with van der Waals surface area (Å²) in [6.45, 7) is 3.11. The maximum atomic E-state index is 13.0. The van der Waals surface area contributed by atoms with Gasteiger partial charge in [-0.1, -0.05) is 23.7 Å². The zero-order chi connectivity index (χ0) is 17.3. The van der Waals surface area contributed by atoms with Crippen molar-refractivity contribution in [2.45, 2.75) is 37.5 Å². The second-order valence-corrected chi connectivity index (χ2v) is 9.06. The zero-order valence-corrected chi connectivity index (χ0v) is 15.4. The van der Waals surface area contributed by atoms with Crippen LogP contribution in [0, 0.1) is 18.8 Å². The lowest BCUT2D eigenvalue weighted by Crippen LogP contribution is -2.45. The molecule has 5 nitrogen and oxygen atoms in total. The van der Waals surface area contributed by atoms with Crippen LogP contribution in [0.3, 0.4) is 0 Å². The third-order valence-corrected chi connectivity index (χ3v) is 7.27. The Bertz CT molecular complexity index is 711. The Morgan fingerprint density at radius 2 is 2.08 bits per heavy atom. The Kier molecular flexibility index (Phi) is 5.18. The van der Waals surface area contributed by atoms with Gasteiger partial charge in [-0.25, -0.2) is 8.42 Å². The van der Waals surface area contributed by atoms with Crippen molar-refractivity contribution in [3.8, 4) is 0 Å². The average Bonchev–Trinajstić information content (AvgIpc) is 3.36. The van der Waals surface area contributed by atoms with Gasteiger partial charge in [0.15, 0.2) is 0 Å². The number of carbonyl (C=O) groups excluding carboxylic acids is 1. The summed E-state index contributed by atoms with van der Waals surface area (Å²) < 4.78 is 27.4. The van der Waals surface area contributed by atoms with E-state index in [-0.39, 0.29) is 28.3 Å². The molecule has 0 radical (unpaired) electrons. The maximum absolute atomic E-state index is 13.0. The number of hydrogen-bond acceptors (Lipinski definition) is 3. The SMILES string of the molecule is Cc1cccc(Cl)c1S(=O)(=O)N1CCCC(C(=O)NCC2CC2)C1. The summed E-state index contributed by atoms with van der Waals surface area (Å²) in [6.07, 6.45) is 3.77. The van der Waals surface area contributed by atoms with Crippen LogP contribution in [0.2, 0.25) is 5.02 Å². The quantitative estimate of drug-likeness (QED) is 0.866. The van der Waals surface area contributed by atoms with Gasteiger partial charge in [0.2, 0.25) is 15.9 Å². The molecule has 1 aliphatic heterocycles. The Morgan fingerprint density at radius 1 is 1.33 bits per heavy atom. The standard InChI is InChI=1S/C17H23ClN2O3S/c1-12-4-2-6-15(18)16(12)24(22,23)20-9-3-5-14(11-20)17(21)19-10-13-7-8-13/h2,4,6,13-14H,3,5,7-11H2,1H3,(H,19,21). The fraction of sp³-hybridized carbons (Fsp3) is 0.588. The molecular weight excluding hydrogens is 348 g/mol. The topological polar surface area (TPSA) is 66.5 Å². The molecular formula is C17H23ClN2O3S. The minimum absolute atomic E-state index is 0.0299. The van der Waals surface area contributed by atoms with Crippen molar-refractivity contribution in [1.29, 1.82) is 0 Å². The average molecular weight is 371 g/mol. The van der Waals surface area contributed by atoms with Gasteiger partial charge < -0.3 is 5.32 Å². The molecule has 1 aromatic rings. The Hall–Kier alpha value is -1.11. The largest absolute Gasteiger partial charge is 0.356 e. The molecule has 1 atom stereocenters. The van der Waals surface area contributed by atoms with Crippen LogP contribution in [-0.2, 0) is 14.8 Å². The van der Waals surface area contributed by atoms with Crippen molar-refractivity contribution in [2.75, 3.05) is 19.6 Å². The van der Waals surface area contributed by atoms with Crippen molar-refractivity contribution < 1.29 is 13.2 Å². The summed E-state index contributed by atoms with van der Waals surface area (Å²) in [5.41, 5.74) is 0.628. The molecule has 1 N–H and O–H groups in total. The molecule has 1 saturated carbocycles. The number of halogens is 1. The van der Waals surface area contributed by atoms with Gasteiger partial charge in [-0.3, -0.25) is 4.79 Å². The number of nitrogens with zero attached hydrogens (tertiary/aromatic N) is 1. The predicted molar refractivity (Wildman–Crippen MR) is 93.4 cm³/mol. The van der Waals surface area contributed by atoms with Crippen LogP contribution in [0.15, 0.2) is 23.1 Å². The molecule has 1 unspecified atom stereocenters. The highest BCUT2D eigenvalue weighted by Crippen LogP contribution is 2.31. The van der Waals surface area contributed by atoms with Gasteiger partial charge in [0.05, 0.1) is 10.9 Å². The number of amides is 1. The van der Waals surface area contributed by atoms with Crippen LogP contribution >= 0.6 is 11.6 Å². The number of sulfonamides is 1. The number of nitrogens with one attached hydrogen (secondary N) is 1. The zero-order valence-electron chi connectivity index (χ0n) is 13.8. The Labute approximate surface area is 148 Å². The number of carbonyl (C=O) groups is 1. The molecule has 1 amide bonds. The van der Waals surface area contributed by atoms with Crippen molar-refractivity contribution in [2.24, 2.45) is 11.8 Å². The summed E-state index contributed by atoms with van der Waals surface area (Å²) in [7, 11) is -3.69. The smallest absolute Gasteiger partial charge is 0.244 e. The second-order valence-electron chi connectivity index (χ2n) is 6.78. The normalized spacial score (nSPS) is 22.3. The van der Waals surface area contributed by atoms with E-state index in [0.717, 1.165) is 6.42 Å². The molecule has 1 aliphatic carbocycles. The number of piperidine rings is 1. The van der Waals surface area contributed by atoms with Gasteiger partial charge in [-0.15, -0.1) is 0 Å². The molecule has 2 aliphatic rings. The number of benzene rings is 1. The van der Waals surface area contributed by atoms with Crippen LogP contribution in [0.5, 0.6) is 0 Å². The van der Waals surface area contributed by atoms with Gasteiger partial charge >= 0.3 is 0 Å². The fourth-order valence-electron chi connectivity index (χ4n) is 3.16. The lowest BCUT2D eigenvalue weighted by atomic mass is 9.99. The van der Waals surface area contributed by atoms with Gasteiger partial charge in [0, 0.05) is 19.6 Å². The van der Waals surface area contributed by atoms with Crippen LogP contribution in [0.25, 0.3) is 0 Å². The van der Waals surface area contributed by atoms with Gasteiger partial charge in [0.25, 0.3) is 0 Å². The van der Waals surface area contributed by atoms with E-state index in [2.05, 4.69) is 5.32 Å². The molecule has 132 valence electrons. The maximum Gasteiger partial charge on any atom is 0.244 e. The van der Waals surface area contributed by atoms with Crippen LogP contribution in [0.4, 0.5) is 0 Å². The van der Waals surface area contributed by atoms with Gasteiger partial charge in [-0.2, -0.15) is 4.31 Å². The molecule has 0 spiro atoms. The Morgan fingerprint density at radius 3 is 2.75 bits per heavy atom. The van der Waals surface area contributed by atoms with E-state index >= 15 is 0 Å². The molecule has 24 heavy (non-hydrogen) atoms. The summed E-state index contributed by atoms with van der Waals surface area (Å²) >= 11 is 6.14. The molecule has 1 saturated heterocycles. The lowest BCUT2D eigenvalue weighted by Gasteiger charge is -2.31. The van der Waals surface area contributed by atoms with E-state index < -0.39 is 10.0 Å². The molecule has 7 heteroatoms. The first-order valence-electron chi connectivity index (χ1n) is 8.42. The van der Waals surface area contributed by atoms with Crippen LogP contribution in [-0.4, -0.2) is 38.3 Å². The van der Waals surface area contributed by atoms with Crippen LogP contribution < -0.4 is 5.32 Å². The van der Waals surface area contributed by atoms with E-state index in [1.807, 2.05) is 0 Å². The minimum Gasteiger partial charge on any atom is -0.356 e. The number of hydrogen-bond donors (Lipinski definition) is 1. The fourth-order valence-corrected chi connectivity index (χ4v) is 5.47. The second kappa shape index (κ2) is 7.02. The van der Waals surface area contributed by atoms with Gasteiger partial charge in [0.1, 0.15) is 4.90 Å². The highest BCUT2D eigenvalue weighted by molar-refractivity contribution is 7.89. The summed E-state index contributed by atoms with van der Waals surface area (Å²) in [6, 6.07) is 5.06. The van der Waals surface area contributed by atoms with E-state index in [9.17, 15) is 13.2 Å². The summed E-state index contributed by atoms with van der Waals surface area (Å²) in [4.78, 5) is 12.5. The minimum atomic E-state index is -3.69. The molecule has 3 rings (SSSR count). The van der Waals surface area contributed by atoms with E-state index in [0.29, 0.717) is 31.0 Å². The highest BCUT2D eigenvalue weighted by Gasteiger charge is 2.35. The summed E-state index contributed by atoms with van der Waals surface area (Å²) in [5, 5.41) is 3.19. The van der Waals surface area contributed by atoms with E-state index in [4.69, 9.17) is 11.6 Å². The van der Waals surface area contributed by atoms with E-state index in [1.165, 1.54) is 17.1 Å². The van der Waals surface area contributed by atoms with Crippen molar-refractivity contribution in [3.63, 3.8) is 0 Å². The lowest BCUT2D eigenvalue weighted by molar-refractivity contribution is -0.126. The first kappa shape index (κ1) is 17.7. The number of rotatable bonds is 5. The first-order valence-corrected chi connectivity index (χ1v) is 10.2. The van der Waals surface area contributed by atoms with Crippen LogP contribution in [0.1, 0.15) is 31.2 Å². The third kappa shape index (κ3) is 3.76. The molecule has 0 bridgehead atoms. The van der Waals surface area contributed by atoms with Gasteiger partial charge in [-0.05, 0) is 50.2 Å². The monoisotopic (exact) mass is 370 g/mol.